The van der Waals surface area contributed by atoms with Crippen molar-refractivity contribution >= 4 is 33.5 Å². The van der Waals surface area contributed by atoms with E-state index >= 15 is 0 Å². The third-order valence-corrected chi connectivity index (χ3v) is 4.64. The van der Waals surface area contributed by atoms with Crippen molar-refractivity contribution in [3.8, 4) is 0 Å². The first-order valence-corrected chi connectivity index (χ1v) is 8.70. The maximum atomic E-state index is 13.0. The number of hydrogen-bond donors (Lipinski definition) is 3. The van der Waals surface area contributed by atoms with Gasteiger partial charge in [0.05, 0.1) is 28.3 Å². The van der Waals surface area contributed by atoms with Crippen molar-refractivity contribution < 1.29 is 9.48 Å². The van der Waals surface area contributed by atoms with Crippen LogP contribution in [0.4, 0.5) is 11.6 Å². The van der Waals surface area contributed by atoms with Crippen LogP contribution in [0.1, 0.15) is 18.5 Å². The third kappa shape index (κ3) is 2.97. The molecule has 0 saturated heterocycles. The number of halogens is 1. The van der Waals surface area contributed by atoms with Crippen molar-refractivity contribution in [2.45, 2.75) is 13.0 Å². The molecule has 0 spiro atoms. The SMILES string of the molecule is CC1=C(C(=O)Nc2cccnc2)C(c2ccc(Br)cc2)[n+]2[nH]nnc2N1. The molecule has 1 aliphatic heterocycles. The van der Waals surface area contributed by atoms with E-state index in [9.17, 15) is 4.79 Å². The second-order valence-electron chi connectivity index (χ2n) is 5.81. The fourth-order valence-corrected chi connectivity index (χ4v) is 3.20. The first kappa shape index (κ1) is 16.4. The van der Waals surface area contributed by atoms with E-state index in [0.717, 1.165) is 10.0 Å². The van der Waals surface area contributed by atoms with E-state index in [1.807, 2.05) is 31.2 Å². The number of benzene rings is 1. The van der Waals surface area contributed by atoms with E-state index in [1.54, 1.807) is 29.2 Å². The van der Waals surface area contributed by atoms with Crippen LogP contribution in [0.2, 0.25) is 0 Å². The van der Waals surface area contributed by atoms with Gasteiger partial charge < -0.3 is 5.32 Å². The van der Waals surface area contributed by atoms with E-state index in [-0.39, 0.29) is 11.9 Å². The minimum Gasteiger partial charge on any atom is -0.321 e. The Kier molecular flexibility index (Phi) is 4.21. The van der Waals surface area contributed by atoms with E-state index in [4.69, 9.17) is 0 Å². The lowest BCUT2D eigenvalue weighted by molar-refractivity contribution is -0.750. The Bertz CT molecular complexity index is 982. The standard InChI is InChI=1S/C17H14BrN7O/c1-10-14(16(26)21-13-3-2-8-19-9-13)15(11-4-6-12(18)7-5-11)25-17(20-10)22-23-24-25/h2-9,15H,1H3,(H2,20,21,22,24,26)/p+1. The maximum absolute atomic E-state index is 13.0. The number of fused-ring (bicyclic) bond motifs is 1. The summed E-state index contributed by atoms with van der Waals surface area (Å²) in [4.78, 5) is 17.1. The van der Waals surface area contributed by atoms with Crippen LogP contribution in [0.5, 0.6) is 0 Å². The molecule has 9 heteroatoms. The van der Waals surface area contributed by atoms with E-state index in [0.29, 0.717) is 22.9 Å². The molecule has 0 aliphatic carbocycles. The van der Waals surface area contributed by atoms with E-state index in [1.165, 1.54) is 0 Å². The Hall–Kier alpha value is -3.07. The summed E-state index contributed by atoms with van der Waals surface area (Å²) in [7, 11) is 0. The first-order chi connectivity index (χ1) is 12.6. The summed E-state index contributed by atoms with van der Waals surface area (Å²) < 4.78 is 2.69. The molecule has 0 radical (unpaired) electrons. The maximum Gasteiger partial charge on any atom is 0.405 e. The number of hydrogen-bond acceptors (Lipinski definition) is 5. The summed E-state index contributed by atoms with van der Waals surface area (Å²) in [5, 5.41) is 16.8. The highest BCUT2D eigenvalue weighted by atomic mass is 79.9. The highest BCUT2D eigenvalue weighted by Crippen LogP contribution is 2.30. The molecule has 1 atom stereocenters. The average molecular weight is 413 g/mol. The molecule has 1 aliphatic rings. The Morgan fingerprint density at radius 2 is 2.08 bits per heavy atom. The molecule has 0 fully saturated rings. The molecule has 0 bridgehead atoms. The largest absolute Gasteiger partial charge is 0.405 e. The van der Waals surface area contributed by atoms with Crippen LogP contribution in [0, 0.1) is 0 Å². The molecule has 1 amide bonds. The molecule has 1 aromatic carbocycles. The number of carbonyl (C=O) groups excluding carboxylic acids is 1. The minimum absolute atomic E-state index is 0.219. The number of carbonyl (C=O) groups is 1. The lowest BCUT2D eigenvalue weighted by Crippen LogP contribution is -2.50. The summed E-state index contributed by atoms with van der Waals surface area (Å²) in [6.45, 7) is 1.85. The Balaban J connectivity index is 1.77. The molecule has 26 heavy (non-hydrogen) atoms. The topological polar surface area (TPSA) is 99.5 Å². The lowest BCUT2D eigenvalue weighted by atomic mass is 9.95. The zero-order chi connectivity index (χ0) is 18.1. The van der Waals surface area contributed by atoms with Crippen LogP contribution in [0.25, 0.3) is 0 Å². The number of rotatable bonds is 3. The van der Waals surface area contributed by atoms with Crippen LogP contribution < -0.4 is 15.3 Å². The molecular formula is C17H15BrN7O+. The smallest absolute Gasteiger partial charge is 0.321 e. The number of aromatic nitrogens is 5. The molecular weight excluding hydrogens is 398 g/mol. The van der Waals surface area contributed by atoms with Crippen LogP contribution in [0.3, 0.4) is 0 Å². The predicted molar refractivity (Wildman–Crippen MR) is 98.0 cm³/mol. The Morgan fingerprint density at radius 3 is 2.81 bits per heavy atom. The molecule has 4 rings (SSSR count). The zero-order valence-electron chi connectivity index (χ0n) is 13.8. The third-order valence-electron chi connectivity index (χ3n) is 4.11. The normalized spacial score (nSPS) is 16.0. The second-order valence-corrected chi connectivity index (χ2v) is 6.72. The molecule has 2 aromatic heterocycles. The molecule has 130 valence electrons. The Labute approximate surface area is 157 Å². The van der Waals surface area contributed by atoms with Gasteiger partial charge in [-0.05, 0) is 36.8 Å². The van der Waals surface area contributed by atoms with Crippen molar-refractivity contribution in [2.75, 3.05) is 10.6 Å². The summed E-state index contributed by atoms with van der Waals surface area (Å²) in [6.07, 6.45) is 3.26. The van der Waals surface area contributed by atoms with Gasteiger partial charge in [-0.3, -0.25) is 15.1 Å². The minimum atomic E-state index is -0.383. The fourth-order valence-electron chi connectivity index (χ4n) is 2.94. The monoisotopic (exact) mass is 412 g/mol. The van der Waals surface area contributed by atoms with Crippen LogP contribution in [-0.2, 0) is 4.79 Å². The van der Waals surface area contributed by atoms with Crippen molar-refractivity contribution in [2.24, 2.45) is 0 Å². The number of H-pyrrole nitrogens is 1. The number of pyridine rings is 1. The zero-order valence-corrected chi connectivity index (χ0v) is 15.4. The molecule has 3 N–H and O–H groups in total. The van der Waals surface area contributed by atoms with Gasteiger partial charge in [-0.1, -0.05) is 28.1 Å². The molecule has 0 saturated carbocycles. The van der Waals surface area contributed by atoms with Crippen molar-refractivity contribution in [1.82, 2.24) is 20.5 Å². The lowest BCUT2D eigenvalue weighted by Gasteiger charge is -2.24. The van der Waals surface area contributed by atoms with Gasteiger partial charge in [0, 0.05) is 10.7 Å². The van der Waals surface area contributed by atoms with Gasteiger partial charge in [-0.25, -0.2) is 0 Å². The van der Waals surface area contributed by atoms with Gasteiger partial charge >= 0.3 is 5.95 Å². The van der Waals surface area contributed by atoms with Crippen molar-refractivity contribution in [1.29, 1.82) is 0 Å². The first-order valence-electron chi connectivity index (χ1n) is 7.90. The predicted octanol–water partition coefficient (Wildman–Crippen LogP) is 2.18. The molecule has 1 unspecified atom stereocenters. The number of amides is 1. The number of nitrogens with zero attached hydrogens (tertiary/aromatic N) is 4. The van der Waals surface area contributed by atoms with Gasteiger partial charge in [-0.2, -0.15) is 0 Å². The van der Waals surface area contributed by atoms with Crippen LogP contribution in [0.15, 0.2) is 64.5 Å². The number of aromatic amines is 1. The van der Waals surface area contributed by atoms with Crippen LogP contribution in [-0.4, -0.2) is 26.4 Å². The molecule has 8 nitrogen and oxygen atoms in total. The second kappa shape index (κ2) is 6.68. The average Bonchev–Trinajstić information content (AvgIpc) is 3.10. The fraction of sp³-hybridized carbons (Fsp3) is 0.118. The van der Waals surface area contributed by atoms with Crippen molar-refractivity contribution in [3.63, 3.8) is 0 Å². The quantitative estimate of drug-likeness (QED) is 0.572. The van der Waals surface area contributed by atoms with Gasteiger partial charge in [0.1, 0.15) is 5.21 Å². The molecule has 3 aromatic rings. The Morgan fingerprint density at radius 1 is 1.27 bits per heavy atom. The number of anilines is 2. The summed E-state index contributed by atoms with van der Waals surface area (Å²) in [5.74, 6) is 0.331. The van der Waals surface area contributed by atoms with E-state index in [2.05, 4.69) is 47.1 Å². The number of tetrazole rings is 1. The van der Waals surface area contributed by atoms with Gasteiger partial charge in [0.2, 0.25) is 0 Å². The highest BCUT2D eigenvalue weighted by Gasteiger charge is 2.38. The highest BCUT2D eigenvalue weighted by molar-refractivity contribution is 9.10. The van der Waals surface area contributed by atoms with Gasteiger partial charge in [0.25, 0.3) is 5.91 Å². The summed E-state index contributed by atoms with van der Waals surface area (Å²) in [5.41, 5.74) is 2.85. The summed E-state index contributed by atoms with van der Waals surface area (Å²) >= 11 is 3.44. The summed E-state index contributed by atoms with van der Waals surface area (Å²) in [6, 6.07) is 11.0. The van der Waals surface area contributed by atoms with Gasteiger partial charge in [-0.15, -0.1) is 9.90 Å². The van der Waals surface area contributed by atoms with Crippen molar-refractivity contribution in [3.05, 3.63) is 70.1 Å². The molecule has 3 heterocycles. The number of allylic oxidation sites excluding steroid dienone is 1. The number of nitrogens with one attached hydrogen (secondary N) is 3. The van der Waals surface area contributed by atoms with Gasteiger partial charge in [0.15, 0.2) is 6.04 Å². The van der Waals surface area contributed by atoms with E-state index < -0.39 is 0 Å². The van der Waals surface area contributed by atoms with Crippen LogP contribution >= 0.6 is 15.9 Å².